The number of nitrogens with zero attached hydrogens (tertiary/aromatic N) is 3. The third-order valence-corrected chi connectivity index (χ3v) is 3.83. The first-order valence-corrected chi connectivity index (χ1v) is 8.23. The zero-order chi connectivity index (χ0) is 17.6. The first-order valence-electron chi connectivity index (χ1n) is 8.23. The molecule has 0 bridgehead atoms. The molecule has 3 aromatic rings. The highest BCUT2D eigenvalue weighted by Crippen LogP contribution is 2.24. The summed E-state index contributed by atoms with van der Waals surface area (Å²) < 4.78 is 13.9. The molecule has 0 aliphatic rings. The highest BCUT2D eigenvalue weighted by molar-refractivity contribution is 5.67. The number of pyridine rings is 1. The van der Waals surface area contributed by atoms with Gasteiger partial charge in [0.2, 0.25) is 5.95 Å². The van der Waals surface area contributed by atoms with E-state index < -0.39 is 0 Å². The molecule has 1 atom stereocenters. The van der Waals surface area contributed by atoms with Gasteiger partial charge in [-0.25, -0.2) is 9.37 Å². The zero-order valence-corrected chi connectivity index (χ0v) is 14.2. The van der Waals surface area contributed by atoms with Crippen LogP contribution in [0.5, 0.6) is 0 Å². The Morgan fingerprint density at radius 1 is 1.08 bits per heavy atom. The fraction of sp³-hybridized carbons (Fsp3) is 0.211. The molecule has 2 N–H and O–H groups in total. The van der Waals surface area contributed by atoms with Crippen LogP contribution < -0.4 is 10.6 Å². The maximum absolute atomic E-state index is 13.9. The van der Waals surface area contributed by atoms with Gasteiger partial charge in [0.15, 0.2) is 0 Å². The van der Waals surface area contributed by atoms with Crippen molar-refractivity contribution in [2.24, 2.45) is 0 Å². The minimum absolute atomic E-state index is 0.231. The van der Waals surface area contributed by atoms with E-state index in [0.29, 0.717) is 17.5 Å². The van der Waals surface area contributed by atoms with Crippen molar-refractivity contribution in [3.05, 3.63) is 60.7 Å². The maximum Gasteiger partial charge on any atom is 0.225 e. The predicted molar refractivity (Wildman–Crippen MR) is 98.3 cm³/mol. The van der Waals surface area contributed by atoms with E-state index in [4.69, 9.17) is 0 Å². The molecule has 2 heterocycles. The normalized spacial score (nSPS) is 11.8. The molecule has 0 radical (unpaired) electrons. The van der Waals surface area contributed by atoms with E-state index >= 15 is 0 Å². The van der Waals surface area contributed by atoms with Crippen molar-refractivity contribution in [3.63, 3.8) is 0 Å². The summed E-state index contributed by atoms with van der Waals surface area (Å²) in [4.78, 5) is 13.1. The van der Waals surface area contributed by atoms with Crippen molar-refractivity contribution in [2.75, 3.05) is 10.6 Å². The lowest BCUT2D eigenvalue weighted by molar-refractivity contribution is 0.632. The summed E-state index contributed by atoms with van der Waals surface area (Å²) in [5, 5.41) is 6.30. The fourth-order valence-corrected chi connectivity index (χ4v) is 2.27. The first-order chi connectivity index (χ1) is 12.2. The van der Waals surface area contributed by atoms with E-state index in [1.807, 2.05) is 12.1 Å². The highest BCUT2D eigenvalue weighted by atomic mass is 19.1. The average Bonchev–Trinajstić information content (AvgIpc) is 2.64. The summed E-state index contributed by atoms with van der Waals surface area (Å²) in [5.41, 5.74) is 2.03. The lowest BCUT2D eigenvalue weighted by atomic mass is 10.2. The molecular weight excluding hydrogens is 317 g/mol. The van der Waals surface area contributed by atoms with Gasteiger partial charge in [0, 0.05) is 30.1 Å². The van der Waals surface area contributed by atoms with Crippen molar-refractivity contribution in [2.45, 2.75) is 26.3 Å². The molecular formula is C19H20FN5. The van der Waals surface area contributed by atoms with Gasteiger partial charge in [-0.05, 0) is 37.6 Å². The average molecular weight is 337 g/mol. The van der Waals surface area contributed by atoms with Gasteiger partial charge in [0.25, 0.3) is 0 Å². The van der Waals surface area contributed by atoms with Gasteiger partial charge < -0.3 is 10.6 Å². The van der Waals surface area contributed by atoms with Crippen LogP contribution in [0.4, 0.5) is 21.8 Å². The summed E-state index contributed by atoms with van der Waals surface area (Å²) >= 11 is 0. The van der Waals surface area contributed by atoms with Gasteiger partial charge in [-0.3, -0.25) is 4.98 Å². The Labute approximate surface area is 146 Å². The second-order valence-corrected chi connectivity index (χ2v) is 5.76. The van der Waals surface area contributed by atoms with Crippen molar-refractivity contribution in [1.82, 2.24) is 15.0 Å². The number of para-hydroxylation sites is 1. The molecule has 1 aromatic carbocycles. The molecule has 0 amide bonds. The largest absolute Gasteiger partial charge is 0.352 e. The van der Waals surface area contributed by atoms with Crippen LogP contribution in [0.25, 0.3) is 11.3 Å². The Balaban J connectivity index is 1.99. The Morgan fingerprint density at radius 2 is 1.84 bits per heavy atom. The van der Waals surface area contributed by atoms with Gasteiger partial charge >= 0.3 is 0 Å². The molecule has 2 aromatic heterocycles. The Hall–Kier alpha value is -3.02. The van der Waals surface area contributed by atoms with E-state index in [2.05, 4.69) is 39.4 Å². The third-order valence-electron chi connectivity index (χ3n) is 3.83. The summed E-state index contributed by atoms with van der Waals surface area (Å²) in [5.74, 6) is 0.697. The Bertz CT molecular complexity index is 838. The molecule has 6 heteroatoms. The van der Waals surface area contributed by atoms with E-state index in [1.54, 1.807) is 36.7 Å². The molecule has 128 valence electrons. The predicted octanol–water partition coefficient (Wildman–Crippen LogP) is 4.63. The summed E-state index contributed by atoms with van der Waals surface area (Å²) in [6.45, 7) is 4.15. The number of hydrogen-bond donors (Lipinski definition) is 2. The lowest BCUT2D eigenvalue weighted by Gasteiger charge is -2.15. The molecule has 5 nitrogen and oxygen atoms in total. The molecule has 0 fully saturated rings. The number of nitrogens with one attached hydrogen (secondary N) is 2. The van der Waals surface area contributed by atoms with Crippen LogP contribution >= 0.6 is 0 Å². The molecule has 0 saturated heterocycles. The molecule has 0 aliphatic carbocycles. The fourth-order valence-electron chi connectivity index (χ4n) is 2.27. The number of benzene rings is 1. The monoisotopic (exact) mass is 337 g/mol. The van der Waals surface area contributed by atoms with Gasteiger partial charge in [0.1, 0.15) is 11.6 Å². The van der Waals surface area contributed by atoms with Crippen molar-refractivity contribution in [1.29, 1.82) is 0 Å². The molecule has 3 rings (SSSR count). The number of hydrogen-bond acceptors (Lipinski definition) is 5. The van der Waals surface area contributed by atoms with E-state index in [-0.39, 0.29) is 11.9 Å². The molecule has 0 aliphatic heterocycles. The molecule has 0 spiro atoms. The van der Waals surface area contributed by atoms with Crippen LogP contribution in [0.2, 0.25) is 0 Å². The SMILES string of the molecule is CC[C@@H](C)Nc1nc(Nc2ccccc2F)cc(-c2ccncc2)n1. The highest BCUT2D eigenvalue weighted by Gasteiger charge is 2.10. The second-order valence-electron chi connectivity index (χ2n) is 5.76. The van der Waals surface area contributed by atoms with Gasteiger partial charge in [0.05, 0.1) is 11.4 Å². The van der Waals surface area contributed by atoms with Crippen LogP contribution in [-0.2, 0) is 0 Å². The molecule has 25 heavy (non-hydrogen) atoms. The van der Waals surface area contributed by atoms with Crippen molar-refractivity contribution < 1.29 is 4.39 Å². The van der Waals surface area contributed by atoms with Gasteiger partial charge in [-0.2, -0.15) is 4.98 Å². The standard InChI is InChI=1S/C19H20FN5/c1-3-13(2)22-19-24-17(14-8-10-21-11-9-14)12-18(25-19)23-16-7-5-4-6-15(16)20/h4-13H,3H2,1-2H3,(H2,22,23,24,25)/t13-/m1/s1. The maximum atomic E-state index is 13.9. The summed E-state index contributed by atoms with van der Waals surface area (Å²) in [6, 6.07) is 12.3. The van der Waals surface area contributed by atoms with E-state index in [0.717, 1.165) is 17.7 Å². The first kappa shape index (κ1) is 16.8. The topological polar surface area (TPSA) is 62.7 Å². The van der Waals surface area contributed by atoms with Crippen molar-refractivity contribution >= 4 is 17.5 Å². The van der Waals surface area contributed by atoms with Crippen LogP contribution in [-0.4, -0.2) is 21.0 Å². The molecule has 0 saturated carbocycles. The van der Waals surface area contributed by atoms with Crippen LogP contribution in [0.15, 0.2) is 54.9 Å². The molecule has 0 unspecified atom stereocenters. The van der Waals surface area contributed by atoms with E-state index in [9.17, 15) is 4.39 Å². The summed E-state index contributed by atoms with van der Waals surface area (Å²) in [7, 11) is 0. The minimum Gasteiger partial charge on any atom is -0.352 e. The van der Waals surface area contributed by atoms with Gasteiger partial charge in [-0.15, -0.1) is 0 Å². The van der Waals surface area contributed by atoms with Gasteiger partial charge in [-0.1, -0.05) is 19.1 Å². The van der Waals surface area contributed by atoms with Crippen molar-refractivity contribution in [3.8, 4) is 11.3 Å². The number of halogens is 1. The number of anilines is 3. The zero-order valence-electron chi connectivity index (χ0n) is 14.2. The minimum atomic E-state index is -0.331. The smallest absolute Gasteiger partial charge is 0.225 e. The Kier molecular flexibility index (Phi) is 5.18. The third kappa shape index (κ3) is 4.29. The number of aromatic nitrogens is 3. The quantitative estimate of drug-likeness (QED) is 0.686. The number of rotatable bonds is 6. The summed E-state index contributed by atoms with van der Waals surface area (Å²) in [6.07, 6.45) is 4.37. The van der Waals surface area contributed by atoms with E-state index in [1.165, 1.54) is 6.07 Å². The van der Waals surface area contributed by atoms with Crippen LogP contribution in [0.3, 0.4) is 0 Å². The van der Waals surface area contributed by atoms with Crippen LogP contribution in [0, 0.1) is 5.82 Å². The Morgan fingerprint density at radius 3 is 2.56 bits per heavy atom. The lowest BCUT2D eigenvalue weighted by Crippen LogP contribution is -2.16. The van der Waals surface area contributed by atoms with Crippen LogP contribution in [0.1, 0.15) is 20.3 Å². The second kappa shape index (κ2) is 7.70.